The predicted molar refractivity (Wildman–Crippen MR) is 80.2 cm³/mol. The number of aromatic nitrogens is 1. The zero-order valence-corrected chi connectivity index (χ0v) is 12.5. The lowest BCUT2D eigenvalue weighted by atomic mass is 10.2. The molecule has 1 aromatic heterocycles. The minimum absolute atomic E-state index is 0.0464. The highest BCUT2D eigenvalue weighted by Gasteiger charge is 2.04. The van der Waals surface area contributed by atoms with Crippen molar-refractivity contribution in [1.82, 2.24) is 10.3 Å². The van der Waals surface area contributed by atoms with Crippen molar-refractivity contribution in [3.8, 4) is 5.75 Å². The molecule has 2 aromatic rings. The van der Waals surface area contributed by atoms with Gasteiger partial charge in [0.05, 0.1) is 11.2 Å². The van der Waals surface area contributed by atoms with Crippen molar-refractivity contribution in [2.45, 2.75) is 20.3 Å². The Kier molecular flexibility index (Phi) is 5.12. The fraction of sp³-hybridized carbons (Fsp3) is 0.333. The van der Waals surface area contributed by atoms with Crippen LogP contribution in [0.2, 0.25) is 0 Å². The Bertz CT molecular complexity index is 564. The van der Waals surface area contributed by atoms with Gasteiger partial charge in [-0.1, -0.05) is 17.7 Å². The van der Waals surface area contributed by atoms with Gasteiger partial charge in [0.1, 0.15) is 5.75 Å². The molecule has 0 aliphatic heterocycles. The van der Waals surface area contributed by atoms with Crippen LogP contribution in [0.1, 0.15) is 16.1 Å². The van der Waals surface area contributed by atoms with E-state index in [1.807, 2.05) is 43.6 Å². The first kappa shape index (κ1) is 14.5. The molecule has 0 atom stereocenters. The van der Waals surface area contributed by atoms with E-state index in [1.165, 1.54) is 10.4 Å². The number of hydrogen-bond donors (Lipinski definition) is 1. The second-order valence-corrected chi connectivity index (χ2v) is 5.50. The van der Waals surface area contributed by atoms with E-state index < -0.39 is 0 Å². The maximum absolute atomic E-state index is 11.6. The van der Waals surface area contributed by atoms with Gasteiger partial charge < -0.3 is 10.1 Å². The molecule has 106 valence electrons. The Morgan fingerprint density at radius 2 is 2.05 bits per heavy atom. The number of nitrogens with zero attached hydrogens (tertiary/aromatic N) is 1. The van der Waals surface area contributed by atoms with Crippen LogP contribution in [0, 0.1) is 13.8 Å². The van der Waals surface area contributed by atoms with Crippen LogP contribution in [0.15, 0.2) is 29.8 Å². The average Bonchev–Trinajstić information content (AvgIpc) is 2.84. The van der Waals surface area contributed by atoms with E-state index >= 15 is 0 Å². The van der Waals surface area contributed by atoms with Crippen LogP contribution in [0.4, 0.5) is 0 Å². The Morgan fingerprint density at radius 3 is 2.70 bits per heavy atom. The molecule has 1 amide bonds. The van der Waals surface area contributed by atoms with Crippen molar-refractivity contribution in [2.24, 2.45) is 0 Å². The van der Waals surface area contributed by atoms with Gasteiger partial charge in [-0.15, -0.1) is 11.3 Å². The average molecular weight is 290 g/mol. The van der Waals surface area contributed by atoms with E-state index in [0.29, 0.717) is 12.3 Å². The highest BCUT2D eigenvalue weighted by Crippen LogP contribution is 2.12. The van der Waals surface area contributed by atoms with Gasteiger partial charge in [0, 0.05) is 17.8 Å². The van der Waals surface area contributed by atoms with Crippen LogP contribution >= 0.6 is 11.3 Å². The van der Waals surface area contributed by atoms with E-state index in [0.717, 1.165) is 12.1 Å². The molecule has 20 heavy (non-hydrogen) atoms. The van der Waals surface area contributed by atoms with E-state index in [1.54, 1.807) is 11.3 Å². The third kappa shape index (κ3) is 4.35. The highest BCUT2D eigenvalue weighted by atomic mass is 32.1. The minimum Gasteiger partial charge on any atom is -0.484 e. The third-order valence-electron chi connectivity index (χ3n) is 2.91. The van der Waals surface area contributed by atoms with Gasteiger partial charge in [-0.05, 0) is 26.0 Å². The first-order valence-electron chi connectivity index (χ1n) is 6.50. The molecule has 0 saturated heterocycles. The highest BCUT2D eigenvalue weighted by molar-refractivity contribution is 7.09. The normalized spacial score (nSPS) is 10.3. The van der Waals surface area contributed by atoms with Gasteiger partial charge in [-0.25, -0.2) is 4.98 Å². The van der Waals surface area contributed by atoms with E-state index in [-0.39, 0.29) is 12.5 Å². The molecule has 0 aliphatic rings. The second-order valence-electron chi connectivity index (χ2n) is 4.56. The maximum atomic E-state index is 11.6. The zero-order chi connectivity index (χ0) is 14.4. The largest absolute Gasteiger partial charge is 0.484 e. The van der Waals surface area contributed by atoms with Crippen molar-refractivity contribution < 1.29 is 9.53 Å². The number of hydrogen-bond acceptors (Lipinski definition) is 4. The Morgan fingerprint density at radius 1 is 1.30 bits per heavy atom. The lowest BCUT2D eigenvalue weighted by Crippen LogP contribution is -2.30. The van der Waals surface area contributed by atoms with Crippen LogP contribution in [0.5, 0.6) is 5.75 Å². The van der Waals surface area contributed by atoms with Gasteiger partial charge in [0.25, 0.3) is 5.91 Å². The number of ether oxygens (including phenoxy) is 1. The zero-order valence-electron chi connectivity index (χ0n) is 11.7. The molecule has 5 heteroatoms. The standard InChI is InChI=1S/C15H18N2O2S/c1-11-3-5-13(6-4-11)19-9-15(18)16-8-7-14-12(2)17-10-20-14/h3-6,10H,7-9H2,1-2H3,(H,16,18). The van der Waals surface area contributed by atoms with Crippen LogP contribution < -0.4 is 10.1 Å². The number of nitrogens with one attached hydrogen (secondary N) is 1. The van der Waals surface area contributed by atoms with E-state index in [9.17, 15) is 4.79 Å². The predicted octanol–water partition coefficient (Wildman–Crippen LogP) is 2.50. The van der Waals surface area contributed by atoms with Crippen molar-refractivity contribution in [3.63, 3.8) is 0 Å². The first-order valence-corrected chi connectivity index (χ1v) is 7.38. The summed E-state index contributed by atoms with van der Waals surface area (Å²) in [5.41, 5.74) is 4.04. The summed E-state index contributed by atoms with van der Waals surface area (Å²) in [6.45, 7) is 4.65. The lowest BCUT2D eigenvalue weighted by molar-refractivity contribution is -0.123. The van der Waals surface area contributed by atoms with Gasteiger partial charge in [-0.2, -0.15) is 0 Å². The molecular weight excluding hydrogens is 272 g/mol. The lowest BCUT2D eigenvalue weighted by Gasteiger charge is -2.07. The molecule has 1 aromatic carbocycles. The summed E-state index contributed by atoms with van der Waals surface area (Å²) in [5.74, 6) is 0.608. The number of carbonyl (C=O) groups is 1. The van der Waals surface area contributed by atoms with Gasteiger partial charge >= 0.3 is 0 Å². The summed E-state index contributed by atoms with van der Waals surface area (Å²) in [4.78, 5) is 17.0. The number of carbonyl (C=O) groups excluding carboxylic acids is 1. The van der Waals surface area contributed by atoms with E-state index in [2.05, 4.69) is 10.3 Å². The minimum atomic E-state index is -0.104. The summed E-state index contributed by atoms with van der Waals surface area (Å²) in [6.07, 6.45) is 0.812. The second kappa shape index (κ2) is 7.05. The SMILES string of the molecule is Cc1ccc(OCC(=O)NCCc2scnc2C)cc1. The van der Waals surface area contributed by atoms with Gasteiger partial charge in [-0.3, -0.25) is 4.79 Å². The maximum Gasteiger partial charge on any atom is 0.257 e. The summed E-state index contributed by atoms with van der Waals surface area (Å²) >= 11 is 1.62. The molecule has 1 N–H and O–H groups in total. The number of aryl methyl sites for hydroxylation is 2. The molecule has 4 nitrogen and oxygen atoms in total. The smallest absolute Gasteiger partial charge is 0.257 e. The number of amides is 1. The first-order chi connectivity index (χ1) is 9.65. The number of rotatable bonds is 6. The molecule has 2 rings (SSSR count). The molecule has 0 radical (unpaired) electrons. The van der Waals surface area contributed by atoms with Crippen LogP contribution in [-0.2, 0) is 11.2 Å². The molecule has 0 bridgehead atoms. The molecular formula is C15H18N2O2S. The molecule has 0 aliphatic carbocycles. The van der Waals surface area contributed by atoms with Crippen molar-refractivity contribution in [3.05, 3.63) is 45.9 Å². The quantitative estimate of drug-likeness (QED) is 0.889. The van der Waals surface area contributed by atoms with Crippen LogP contribution in [0.25, 0.3) is 0 Å². The van der Waals surface area contributed by atoms with Crippen LogP contribution in [-0.4, -0.2) is 24.0 Å². The van der Waals surface area contributed by atoms with E-state index in [4.69, 9.17) is 4.74 Å². The fourth-order valence-electron chi connectivity index (χ4n) is 1.72. The molecule has 0 spiro atoms. The molecule has 0 saturated carbocycles. The Labute approximate surface area is 122 Å². The molecule has 0 unspecified atom stereocenters. The van der Waals surface area contributed by atoms with Gasteiger partial charge in [0.15, 0.2) is 6.61 Å². The topological polar surface area (TPSA) is 51.2 Å². The third-order valence-corrected chi connectivity index (χ3v) is 3.90. The summed E-state index contributed by atoms with van der Waals surface area (Å²) in [6, 6.07) is 7.65. The molecule has 0 fully saturated rings. The van der Waals surface area contributed by atoms with Crippen molar-refractivity contribution in [1.29, 1.82) is 0 Å². The number of benzene rings is 1. The summed E-state index contributed by atoms with van der Waals surface area (Å²) in [5, 5.41) is 2.84. The fourth-order valence-corrected chi connectivity index (χ4v) is 2.50. The van der Waals surface area contributed by atoms with Crippen LogP contribution in [0.3, 0.4) is 0 Å². The molecule has 1 heterocycles. The monoisotopic (exact) mass is 290 g/mol. The summed E-state index contributed by atoms with van der Waals surface area (Å²) < 4.78 is 5.41. The van der Waals surface area contributed by atoms with Gasteiger partial charge in [0.2, 0.25) is 0 Å². The Hall–Kier alpha value is -1.88. The van der Waals surface area contributed by atoms with Crippen molar-refractivity contribution >= 4 is 17.2 Å². The number of thiazole rings is 1. The summed E-state index contributed by atoms with van der Waals surface area (Å²) in [7, 11) is 0. The Balaban J connectivity index is 1.68. The van der Waals surface area contributed by atoms with Crippen molar-refractivity contribution in [2.75, 3.05) is 13.2 Å².